The zero-order chi connectivity index (χ0) is 13.3. The first-order valence-corrected chi connectivity index (χ1v) is 8.25. The van der Waals surface area contributed by atoms with Crippen LogP contribution >= 0.6 is 31.9 Å². The lowest BCUT2D eigenvalue weighted by Gasteiger charge is -2.36. The van der Waals surface area contributed by atoms with Crippen LogP contribution in [0, 0.1) is 0 Å². The zero-order valence-corrected chi connectivity index (χ0v) is 13.8. The topological polar surface area (TPSA) is 30.5 Å². The highest BCUT2D eigenvalue weighted by atomic mass is 79.9. The molecule has 0 atom stereocenters. The fraction of sp³-hybridized carbons (Fsp3) is 0.571. The molecule has 1 aromatic rings. The van der Waals surface area contributed by atoms with Gasteiger partial charge in [0.25, 0.3) is 0 Å². The highest BCUT2D eigenvalue weighted by Crippen LogP contribution is 2.37. The molecule has 1 aromatic carbocycles. The Hall–Kier alpha value is -0.100. The molecule has 3 rings (SSSR count). The summed E-state index contributed by atoms with van der Waals surface area (Å²) < 4.78 is 13.7. The van der Waals surface area contributed by atoms with Gasteiger partial charge in [0.05, 0.1) is 13.2 Å². The molecular formula is C14H17Br2NO2. The number of benzene rings is 1. The molecule has 0 unspecified atom stereocenters. The normalized spacial score (nSPS) is 22.8. The Morgan fingerprint density at radius 2 is 1.79 bits per heavy atom. The lowest BCUT2D eigenvalue weighted by molar-refractivity contribution is -0.177. The highest BCUT2D eigenvalue weighted by molar-refractivity contribution is 9.11. The van der Waals surface area contributed by atoms with Crippen LogP contribution in [-0.4, -0.2) is 25.0 Å². The summed E-state index contributed by atoms with van der Waals surface area (Å²) in [6, 6.07) is 6.69. The van der Waals surface area contributed by atoms with E-state index in [0.717, 1.165) is 53.5 Å². The largest absolute Gasteiger partial charge is 0.381 e. The van der Waals surface area contributed by atoms with Gasteiger partial charge in [0.2, 0.25) is 0 Å². The first-order valence-electron chi connectivity index (χ1n) is 6.66. The molecule has 19 heavy (non-hydrogen) atoms. The number of ether oxygens (including phenoxy) is 2. The average molecular weight is 391 g/mol. The van der Waals surface area contributed by atoms with E-state index in [2.05, 4.69) is 49.3 Å². The maximum Gasteiger partial charge on any atom is 0.168 e. The molecule has 2 aliphatic rings. The quantitative estimate of drug-likeness (QED) is 0.816. The van der Waals surface area contributed by atoms with E-state index in [4.69, 9.17) is 9.47 Å². The Morgan fingerprint density at radius 3 is 2.47 bits per heavy atom. The van der Waals surface area contributed by atoms with E-state index in [1.165, 1.54) is 0 Å². The molecule has 1 aliphatic heterocycles. The van der Waals surface area contributed by atoms with E-state index in [-0.39, 0.29) is 5.79 Å². The van der Waals surface area contributed by atoms with Gasteiger partial charge < -0.3 is 14.8 Å². The molecule has 0 radical (unpaired) electrons. The molecule has 1 saturated carbocycles. The third-order valence-electron chi connectivity index (χ3n) is 3.85. The number of hydrogen-bond donors (Lipinski definition) is 1. The average Bonchev–Trinajstić information content (AvgIpc) is 2.85. The lowest BCUT2D eigenvalue weighted by Crippen LogP contribution is -2.39. The van der Waals surface area contributed by atoms with Gasteiger partial charge in [0.1, 0.15) is 0 Å². The fourth-order valence-corrected chi connectivity index (χ4v) is 3.54. The maximum absolute atomic E-state index is 5.76. The summed E-state index contributed by atoms with van der Waals surface area (Å²) >= 11 is 7.09. The lowest BCUT2D eigenvalue weighted by atomic mass is 9.90. The number of rotatable bonds is 2. The smallest absolute Gasteiger partial charge is 0.168 e. The van der Waals surface area contributed by atoms with Crippen molar-refractivity contribution in [1.29, 1.82) is 0 Å². The summed E-state index contributed by atoms with van der Waals surface area (Å²) in [5, 5.41) is 3.61. The maximum atomic E-state index is 5.76. The van der Waals surface area contributed by atoms with Gasteiger partial charge in [-0.05, 0) is 47.0 Å². The first-order chi connectivity index (χ1) is 9.17. The zero-order valence-electron chi connectivity index (χ0n) is 10.6. The Morgan fingerprint density at radius 1 is 1.11 bits per heavy atom. The second-order valence-electron chi connectivity index (χ2n) is 5.15. The molecule has 1 aliphatic carbocycles. The van der Waals surface area contributed by atoms with Gasteiger partial charge in [0, 0.05) is 33.5 Å². The van der Waals surface area contributed by atoms with E-state index < -0.39 is 0 Å². The molecule has 1 N–H and O–H groups in total. The van der Waals surface area contributed by atoms with Crippen molar-refractivity contribution in [3.05, 3.63) is 27.1 Å². The predicted molar refractivity (Wildman–Crippen MR) is 82.4 cm³/mol. The van der Waals surface area contributed by atoms with Crippen LogP contribution in [0.4, 0.5) is 5.69 Å². The SMILES string of the molecule is Brc1ccc(Br)c(NC2CCC3(CC2)OCCO3)c1. The predicted octanol–water partition coefficient (Wildman–Crippen LogP) is 4.31. The number of nitrogens with one attached hydrogen (secondary N) is 1. The summed E-state index contributed by atoms with van der Waals surface area (Å²) in [6.45, 7) is 1.49. The van der Waals surface area contributed by atoms with Crippen molar-refractivity contribution in [2.75, 3.05) is 18.5 Å². The van der Waals surface area contributed by atoms with Crippen LogP contribution in [-0.2, 0) is 9.47 Å². The molecule has 1 heterocycles. The molecule has 1 saturated heterocycles. The third-order valence-corrected chi connectivity index (χ3v) is 5.03. The summed E-state index contributed by atoms with van der Waals surface area (Å²) in [4.78, 5) is 0. The minimum atomic E-state index is -0.271. The van der Waals surface area contributed by atoms with Crippen molar-refractivity contribution in [2.45, 2.75) is 37.5 Å². The number of hydrogen-bond acceptors (Lipinski definition) is 3. The second kappa shape index (κ2) is 5.72. The number of halogens is 2. The minimum absolute atomic E-state index is 0.271. The monoisotopic (exact) mass is 389 g/mol. The van der Waals surface area contributed by atoms with Crippen molar-refractivity contribution in [1.82, 2.24) is 0 Å². The van der Waals surface area contributed by atoms with Gasteiger partial charge in [-0.1, -0.05) is 15.9 Å². The molecule has 5 heteroatoms. The van der Waals surface area contributed by atoms with Crippen LogP contribution < -0.4 is 5.32 Å². The molecule has 2 fully saturated rings. The standard InChI is InChI=1S/C14H17Br2NO2/c15-10-1-2-12(16)13(9-10)17-11-3-5-14(6-4-11)18-7-8-19-14/h1-2,9,11,17H,3-8H2. The van der Waals surface area contributed by atoms with Crippen LogP contribution in [0.3, 0.4) is 0 Å². The molecule has 104 valence electrons. The van der Waals surface area contributed by atoms with Gasteiger partial charge in [-0.2, -0.15) is 0 Å². The summed E-state index contributed by atoms with van der Waals surface area (Å²) in [5.74, 6) is -0.271. The summed E-state index contributed by atoms with van der Waals surface area (Å²) in [5.41, 5.74) is 1.14. The molecule has 0 aromatic heterocycles. The van der Waals surface area contributed by atoms with Crippen molar-refractivity contribution in [3.63, 3.8) is 0 Å². The van der Waals surface area contributed by atoms with Crippen LogP contribution in [0.15, 0.2) is 27.1 Å². The number of anilines is 1. The van der Waals surface area contributed by atoms with Crippen molar-refractivity contribution < 1.29 is 9.47 Å². The Kier molecular flexibility index (Phi) is 4.17. The van der Waals surface area contributed by atoms with E-state index in [9.17, 15) is 0 Å². The van der Waals surface area contributed by atoms with Gasteiger partial charge in [-0.25, -0.2) is 0 Å². The van der Waals surface area contributed by atoms with Crippen LogP contribution in [0.1, 0.15) is 25.7 Å². The van der Waals surface area contributed by atoms with Gasteiger partial charge in [-0.3, -0.25) is 0 Å². The Balaban J connectivity index is 1.61. The minimum Gasteiger partial charge on any atom is -0.381 e. The van der Waals surface area contributed by atoms with Gasteiger partial charge >= 0.3 is 0 Å². The van der Waals surface area contributed by atoms with E-state index in [0.29, 0.717) is 6.04 Å². The molecular weight excluding hydrogens is 374 g/mol. The van der Waals surface area contributed by atoms with Gasteiger partial charge in [0.15, 0.2) is 5.79 Å². The van der Waals surface area contributed by atoms with Gasteiger partial charge in [-0.15, -0.1) is 0 Å². The summed E-state index contributed by atoms with van der Waals surface area (Å²) in [7, 11) is 0. The third kappa shape index (κ3) is 3.15. The van der Waals surface area contributed by atoms with E-state index in [1.54, 1.807) is 0 Å². The second-order valence-corrected chi connectivity index (χ2v) is 6.92. The molecule has 0 bridgehead atoms. The molecule has 3 nitrogen and oxygen atoms in total. The van der Waals surface area contributed by atoms with Crippen LogP contribution in [0.5, 0.6) is 0 Å². The molecule has 0 amide bonds. The van der Waals surface area contributed by atoms with Crippen LogP contribution in [0.2, 0.25) is 0 Å². The van der Waals surface area contributed by atoms with Crippen molar-refractivity contribution in [2.24, 2.45) is 0 Å². The molecule has 1 spiro atoms. The van der Waals surface area contributed by atoms with E-state index >= 15 is 0 Å². The van der Waals surface area contributed by atoms with Crippen molar-refractivity contribution >= 4 is 37.5 Å². The van der Waals surface area contributed by atoms with Crippen molar-refractivity contribution in [3.8, 4) is 0 Å². The highest BCUT2D eigenvalue weighted by Gasteiger charge is 2.40. The van der Waals surface area contributed by atoms with Crippen LogP contribution in [0.25, 0.3) is 0 Å². The summed E-state index contributed by atoms with van der Waals surface area (Å²) in [6.07, 6.45) is 4.13. The Bertz CT molecular complexity index is 451. The Labute approximate surface area is 130 Å². The first kappa shape index (κ1) is 13.9. The fourth-order valence-electron chi connectivity index (χ4n) is 2.82. The van der Waals surface area contributed by atoms with E-state index in [1.807, 2.05) is 6.07 Å².